The topological polar surface area (TPSA) is 100 Å². The van der Waals surface area contributed by atoms with Crippen molar-refractivity contribution in [1.82, 2.24) is 19.8 Å². The lowest BCUT2D eigenvalue weighted by atomic mass is 9.80. The summed E-state index contributed by atoms with van der Waals surface area (Å²) in [5.74, 6) is -0.208. The molecule has 2 N–H and O–H groups in total. The maximum absolute atomic E-state index is 11.3. The van der Waals surface area contributed by atoms with Gasteiger partial charge in [0.25, 0.3) is 0 Å². The van der Waals surface area contributed by atoms with Crippen LogP contribution in [0, 0.1) is 12.8 Å². The van der Waals surface area contributed by atoms with Gasteiger partial charge in [-0.3, -0.25) is 19.6 Å². The Hall–Kier alpha value is -3.63. The van der Waals surface area contributed by atoms with Crippen LogP contribution in [0.1, 0.15) is 37.0 Å². The monoisotopic (exact) mass is 585 g/mol. The molecule has 0 amide bonds. The summed E-state index contributed by atoms with van der Waals surface area (Å²) in [6.45, 7) is 12.5. The van der Waals surface area contributed by atoms with E-state index in [-0.39, 0.29) is 12.5 Å². The average Bonchev–Trinajstić information content (AvgIpc) is 3.01. The van der Waals surface area contributed by atoms with Crippen LogP contribution in [-0.2, 0) is 20.8 Å². The van der Waals surface area contributed by atoms with Crippen LogP contribution in [0.3, 0.4) is 0 Å². The largest absolute Gasteiger partial charge is 0.480 e. The fourth-order valence-electron chi connectivity index (χ4n) is 5.94. The fourth-order valence-corrected chi connectivity index (χ4v) is 5.94. The first-order valence-corrected chi connectivity index (χ1v) is 15.2. The summed E-state index contributed by atoms with van der Waals surface area (Å²) < 4.78 is 12.3. The number of fused-ring (bicyclic) bond motifs is 1. The van der Waals surface area contributed by atoms with E-state index in [0.29, 0.717) is 25.5 Å². The second-order valence-electron chi connectivity index (χ2n) is 11.4. The molecule has 0 spiro atoms. The minimum atomic E-state index is -0.838. The number of hydrogen-bond donors (Lipinski definition) is 2. The summed E-state index contributed by atoms with van der Waals surface area (Å²) in [7, 11) is 0. The van der Waals surface area contributed by atoms with E-state index in [1.807, 2.05) is 24.1 Å². The van der Waals surface area contributed by atoms with Gasteiger partial charge in [-0.25, -0.2) is 4.98 Å². The number of allylic oxidation sites excluding steroid dienone is 2. The van der Waals surface area contributed by atoms with Crippen LogP contribution in [0.25, 0.3) is 16.5 Å². The minimum Gasteiger partial charge on any atom is -0.480 e. The number of pyridine rings is 2. The molecule has 9 heteroatoms. The lowest BCUT2D eigenvalue weighted by Gasteiger charge is -2.41. The van der Waals surface area contributed by atoms with Gasteiger partial charge < -0.3 is 19.9 Å². The number of ether oxygens (including phenoxy) is 2. The van der Waals surface area contributed by atoms with Crippen molar-refractivity contribution < 1.29 is 19.4 Å². The fraction of sp³-hybridized carbons (Fsp3) is 0.441. The lowest BCUT2D eigenvalue weighted by Crippen LogP contribution is -2.48. The number of benzene rings is 1. The van der Waals surface area contributed by atoms with Crippen molar-refractivity contribution in [2.45, 2.75) is 39.5 Å². The summed E-state index contributed by atoms with van der Waals surface area (Å²) in [5.41, 5.74) is 4.50. The van der Waals surface area contributed by atoms with Gasteiger partial charge in [-0.2, -0.15) is 0 Å². The molecule has 1 fully saturated rings. The van der Waals surface area contributed by atoms with E-state index in [1.165, 1.54) is 16.7 Å². The molecule has 5 rings (SSSR count). The molecule has 1 aliphatic carbocycles. The maximum atomic E-state index is 11.3. The van der Waals surface area contributed by atoms with Gasteiger partial charge in [0, 0.05) is 49.9 Å². The highest BCUT2D eigenvalue weighted by molar-refractivity contribution is 5.89. The number of carboxylic acids is 1. The van der Waals surface area contributed by atoms with E-state index >= 15 is 0 Å². The first-order valence-electron chi connectivity index (χ1n) is 15.2. The standard InChI is InChI=1S/C34H43N5O4/c1-4-38(24-31(40)41)23-27-21-28-12-14-35-33(32(28)36-22-27)37-34(43-18-8-15-39-16-19-42-20-17-39)13-7-11-30(26(34)3)29-10-6-5-9-25(29)2/h5-7,9-14,21-22,26H,4,8,15-20,23-24H2,1-3H3,(H,35,37)(H,40,41). The number of rotatable bonds is 13. The Labute approximate surface area is 254 Å². The predicted molar refractivity (Wildman–Crippen MR) is 170 cm³/mol. The second-order valence-corrected chi connectivity index (χ2v) is 11.4. The van der Waals surface area contributed by atoms with Crippen LogP contribution >= 0.6 is 0 Å². The molecule has 3 heterocycles. The minimum absolute atomic E-state index is 0.00987. The highest BCUT2D eigenvalue weighted by Crippen LogP contribution is 2.40. The number of aromatic nitrogens is 2. The van der Waals surface area contributed by atoms with Gasteiger partial charge in [0.05, 0.1) is 26.4 Å². The van der Waals surface area contributed by atoms with Crippen LogP contribution in [-0.4, -0.2) is 89.1 Å². The molecular formula is C34H43N5O4. The number of likely N-dealkylation sites (N-methyl/N-ethyl adjacent to an activating group) is 1. The van der Waals surface area contributed by atoms with Crippen LogP contribution in [0.15, 0.2) is 67.0 Å². The van der Waals surface area contributed by atoms with E-state index in [0.717, 1.165) is 55.7 Å². The number of aryl methyl sites for hydroxylation is 1. The van der Waals surface area contributed by atoms with E-state index in [9.17, 15) is 9.90 Å². The Kier molecular flexibility index (Phi) is 10.2. The van der Waals surface area contributed by atoms with Crippen molar-refractivity contribution in [3.8, 4) is 0 Å². The smallest absolute Gasteiger partial charge is 0.317 e. The van der Waals surface area contributed by atoms with E-state index in [2.05, 4.69) is 72.6 Å². The molecule has 9 nitrogen and oxygen atoms in total. The lowest BCUT2D eigenvalue weighted by molar-refractivity contribution is -0.138. The Morgan fingerprint density at radius 1 is 1.23 bits per heavy atom. The normalized spacial score (nSPS) is 20.8. The third-order valence-electron chi connectivity index (χ3n) is 8.43. The highest BCUT2D eigenvalue weighted by atomic mass is 16.5. The molecule has 43 heavy (non-hydrogen) atoms. The molecule has 0 saturated carbocycles. The number of nitrogens with zero attached hydrogens (tertiary/aromatic N) is 4. The zero-order valence-corrected chi connectivity index (χ0v) is 25.5. The van der Waals surface area contributed by atoms with Gasteiger partial charge in [-0.15, -0.1) is 0 Å². The number of carboxylic acid groups (broad SMARTS) is 1. The summed E-state index contributed by atoms with van der Waals surface area (Å²) in [5, 5.41) is 13.9. The van der Waals surface area contributed by atoms with Crippen molar-refractivity contribution in [3.63, 3.8) is 0 Å². The number of nitrogens with one attached hydrogen (secondary N) is 1. The van der Waals surface area contributed by atoms with Gasteiger partial charge in [0.15, 0.2) is 11.5 Å². The predicted octanol–water partition coefficient (Wildman–Crippen LogP) is 4.98. The van der Waals surface area contributed by atoms with E-state index < -0.39 is 11.7 Å². The van der Waals surface area contributed by atoms with Crippen molar-refractivity contribution >= 4 is 28.3 Å². The number of carbonyl (C=O) groups is 1. The molecule has 0 bridgehead atoms. The molecule has 1 aliphatic heterocycles. The molecule has 3 aromatic rings. The average molecular weight is 586 g/mol. The van der Waals surface area contributed by atoms with Crippen molar-refractivity contribution in [2.24, 2.45) is 5.92 Å². The molecule has 2 unspecified atom stereocenters. The Bertz CT molecular complexity index is 1470. The quantitative estimate of drug-likeness (QED) is 0.212. The Morgan fingerprint density at radius 2 is 2.05 bits per heavy atom. The van der Waals surface area contributed by atoms with Gasteiger partial charge in [0.1, 0.15) is 5.52 Å². The van der Waals surface area contributed by atoms with Gasteiger partial charge in [0.2, 0.25) is 0 Å². The zero-order chi connectivity index (χ0) is 30.2. The van der Waals surface area contributed by atoms with Gasteiger partial charge in [-0.05, 0) is 60.4 Å². The van der Waals surface area contributed by atoms with Crippen LogP contribution in [0.5, 0.6) is 0 Å². The summed E-state index contributed by atoms with van der Waals surface area (Å²) in [4.78, 5) is 25.1. The molecular weight excluding hydrogens is 542 g/mol. The molecule has 2 aliphatic rings. The van der Waals surface area contributed by atoms with E-state index in [1.54, 1.807) is 6.20 Å². The molecule has 1 saturated heterocycles. The third-order valence-corrected chi connectivity index (χ3v) is 8.43. The molecule has 228 valence electrons. The van der Waals surface area contributed by atoms with Gasteiger partial charge >= 0.3 is 5.97 Å². The van der Waals surface area contributed by atoms with Crippen molar-refractivity contribution in [3.05, 3.63) is 83.7 Å². The van der Waals surface area contributed by atoms with Crippen LogP contribution in [0.2, 0.25) is 0 Å². The van der Waals surface area contributed by atoms with Crippen molar-refractivity contribution in [1.29, 1.82) is 0 Å². The maximum Gasteiger partial charge on any atom is 0.317 e. The number of anilines is 1. The molecule has 2 aromatic heterocycles. The van der Waals surface area contributed by atoms with Crippen LogP contribution in [0.4, 0.5) is 5.82 Å². The number of hydrogen-bond acceptors (Lipinski definition) is 8. The Morgan fingerprint density at radius 3 is 2.81 bits per heavy atom. The summed E-state index contributed by atoms with van der Waals surface area (Å²) in [6, 6.07) is 12.5. The third kappa shape index (κ3) is 7.48. The molecule has 1 aromatic carbocycles. The highest BCUT2D eigenvalue weighted by Gasteiger charge is 2.40. The summed E-state index contributed by atoms with van der Waals surface area (Å²) >= 11 is 0. The summed E-state index contributed by atoms with van der Waals surface area (Å²) in [6.07, 6.45) is 10.9. The first-order chi connectivity index (χ1) is 20.9. The Balaban J connectivity index is 1.41. The molecule has 0 radical (unpaired) electrons. The zero-order valence-electron chi connectivity index (χ0n) is 25.5. The van der Waals surface area contributed by atoms with Crippen LogP contribution < -0.4 is 5.32 Å². The number of aliphatic carboxylic acids is 1. The SMILES string of the molecule is CCN(CC(=O)O)Cc1cnc2c(NC3(OCCCN4CCOCC4)C=CC=C(c4ccccc4C)C3C)nccc2c1. The number of morpholine rings is 1. The second kappa shape index (κ2) is 14.2. The van der Waals surface area contributed by atoms with Crippen molar-refractivity contribution in [2.75, 3.05) is 57.9 Å². The van der Waals surface area contributed by atoms with E-state index in [4.69, 9.17) is 19.4 Å². The first kappa shape index (κ1) is 30.8. The molecule has 2 atom stereocenters. The van der Waals surface area contributed by atoms with Gasteiger partial charge in [-0.1, -0.05) is 50.3 Å².